The van der Waals surface area contributed by atoms with Gasteiger partial charge in [0.2, 0.25) is 0 Å². The highest BCUT2D eigenvalue weighted by Gasteiger charge is 2.34. The van der Waals surface area contributed by atoms with Crippen LogP contribution >= 0.6 is 0 Å². The maximum Gasteiger partial charge on any atom is 0.322 e. The number of aryl methyl sites for hydroxylation is 2. The third kappa shape index (κ3) is 2.94. The van der Waals surface area contributed by atoms with Crippen LogP contribution in [0.1, 0.15) is 34.1 Å². The van der Waals surface area contributed by atoms with Crippen molar-refractivity contribution in [3.63, 3.8) is 0 Å². The summed E-state index contributed by atoms with van der Waals surface area (Å²) in [6.45, 7) is 4.73. The second-order valence-electron chi connectivity index (χ2n) is 6.62. The van der Waals surface area contributed by atoms with Gasteiger partial charge in [-0.05, 0) is 54.8 Å². The number of aromatic amines is 1. The van der Waals surface area contributed by atoms with Crippen LogP contribution in [0.25, 0.3) is 0 Å². The van der Waals surface area contributed by atoms with Crippen LogP contribution in [0.15, 0.2) is 49.1 Å². The fourth-order valence-corrected chi connectivity index (χ4v) is 3.39. The predicted octanol–water partition coefficient (Wildman–Crippen LogP) is 3.60. The molecule has 0 radical (unpaired) electrons. The SMILES string of the molecule is Cc1ccc(NC(=O)N2CCc3[nH]cnc3[C@@H]2c2ccncc2)cc1C. The summed E-state index contributed by atoms with van der Waals surface area (Å²) in [6.07, 6.45) is 5.95. The molecule has 6 heteroatoms. The monoisotopic (exact) mass is 347 g/mol. The van der Waals surface area contributed by atoms with Crippen molar-refractivity contribution in [2.24, 2.45) is 0 Å². The van der Waals surface area contributed by atoms with Crippen LogP contribution in [0.4, 0.5) is 10.5 Å². The van der Waals surface area contributed by atoms with Gasteiger partial charge in [0.15, 0.2) is 0 Å². The molecule has 1 aliphatic heterocycles. The Morgan fingerprint density at radius 2 is 2.00 bits per heavy atom. The molecule has 0 bridgehead atoms. The number of nitrogens with zero attached hydrogens (tertiary/aromatic N) is 3. The van der Waals surface area contributed by atoms with E-state index in [0.717, 1.165) is 34.6 Å². The van der Waals surface area contributed by atoms with Crippen molar-refractivity contribution in [3.8, 4) is 0 Å². The summed E-state index contributed by atoms with van der Waals surface area (Å²) in [7, 11) is 0. The highest BCUT2D eigenvalue weighted by atomic mass is 16.2. The average Bonchev–Trinajstić information content (AvgIpc) is 3.13. The van der Waals surface area contributed by atoms with E-state index in [0.29, 0.717) is 6.54 Å². The number of aromatic nitrogens is 3. The Labute approximate surface area is 152 Å². The van der Waals surface area contributed by atoms with Crippen molar-refractivity contribution < 1.29 is 4.79 Å². The van der Waals surface area contributed by atoms with Crippen LogP contribution in [0.5, 0.6) is 0 Å². The zero-order valence-electron chi connectivity index (χ0n) is 14.9. The summed E-state index contributed by atoms with van der Waals surface area (Å²) in [5.74, 6) is 0. The molecule has 0 unspecified atom stereocenters. The van der Waals surface area contributed by atoms with Gasteiger partial charge >= 0.3 is 6.03 Å². The molecule has 3 heterocycles. The third-order valence-corrected chi connectivity index (χ3v) is 4.97. The number of rotatable bonds is 2. The lowest BCUT2D eigenvalue weighted by molar-refractivity contribution is 0.192. The number of hydrogen-bond acceptors (Lipinski definition) is 3. The van der Waals surface area contributed by atoms with Crippen LogP contribution in [-0.4, -0.2) is 32.4 Å². The highest BCUT2D eigenvalue weighted by molar-refractivity contribution is 5.90. The second-order valence-corrected chi connectivity index (χ2v) is 6.62. The Hall–Kier alpha value is -3.15. The molecule has 6 nitrogen and oxygen atoms in total. The topological polar surface area (TPSA) is 73.9 Å². The third-order valence-electron chi connectivity index (χ3n) is 4.97. The Morgan fingerprint density at radius 1 is 1.19 bits per heavy atom. The fraction of sp³-hybridized carbons (Fsp3) is 0.250. The van der Waals surface area contributed by atoms with E-state index < -0.39 is 0 Å². The van der Waals surface area contributed by atoms with E-state index in [-0.39, 0.29) is 12.1 Å². The van der Waals surface area contributed by atoms with Gasteiger partial charge in [-0.15, -0.1) is 0 Å². The molecule has 0 saturated heterocycles. The molecule has 0 fully saturated rings. The van der Waals surface area contributed by atoms with E-state index in [4.69, 9.17) is 0 Å². The Morgan fingerprint density at radius 3 is 2.77 bits per heavy atom. The van der Waals surface area contributed by atoms with Crippen molar-refractivity contribution in [2.45, 2.75) is 26.3 Å². The number of imidazole rings is 1. The molecule has 132 valence electrons. The molecular formula is C20H21N5O. The van der Waals surface area contributed by atoms with E-state index >= 15 is 0 Å². The Kier molecular flexibility index (Phi) is 4.16. The molecule has 3 aromatic rings. The fourth-order valence-electron chi connectivity index (χ4n) is 3.39. The van der Waals surface area contributed by atoms with Crippen LogP contribution in [0.3, 0.4) is 0 Å². The van der Waals surface area contributed by atoms with E-state index in [1.54, 1.807) is 18.7 Å². The maximum atomic E-state index is 13.0. The van der Waals surface area contributed by atoms with Crippen molar-refractivity contribution in [1.29, 1.82) is 0 Å². The standard InChI is InChI=1S/C20H21N5O/c1-13-3-4-16(11-14(13)2)24-20(26)25-10-7-17-18(23-12-22-17)19(25)15-5-8-21-9-6-15/h3-6,8-9,11-12,19H,7,10H2,1-2H3,(H,22,23)(H,24,26)/t19-/m0/s1. The minimum Gasteiger partial charge on any atom is -0.348 e. The number of carbonyl (C=O) groups is 1. The van der Waals surface area contributed by atoms with Crippen molar-refractivity contribution in [3.05, 3.63) is 77.1 Å². The molecule has 0 aliphatic carbocycles. The highest BCUT2D eigenvalue weighted by Crippen LogP contribution is 2.33. The quantitative estimate of drug-likeness (QED) is 0.744. The predicted molar refractivity (Wildman–Crippen MR) is 100 cm³/mol. The Balaban J connectivity index is 1.65. The van der Waals surface area contributed by atoms with Gasteiger partial charge in [0.05, 0.1) is 12.0 Å². The molecule has 1 aromatic carbocycles. The van der Waals surface area contributed by atoms with E-state index in [1.807, 2.05) is 42.2 Å². The van der Waals surface area contributed by atoms with E-state index in [1.165, 1.54) is 5.56 Å². The van der Waals surface area contributed by atoms with Crippen LogP contribution in [0, 0.1) is 13.8 Å². The van der Waals surface area contributed by atoms with Crippen LogP contribution < -0.4 is 5.32 Å². The number of carbonyl (C=O) groups excluding carboxylic acids is 1. The lowest BCUT2D eigenvalue weighted by Gasteiger charge is -2.35. The number of H-pyrrole nitrogens is 1. The first kappa shape index (κ1) is 16.3. The summed E-state index contributed by atoms with van der Waals surface area (Å²) < 4.78 is 0. The van der Waals surface area contributed by atoms with Gasteiger partial charge in [-0.3, -0.25) is 4.98 Å². The van der Waals surface area contributed by atoms with Gasteiger partial charge in [-0.1, -0.05) is 6.07 Å². The first-order valence-electron chi connectivity index (χ1n) is 8.70. The van der Waals surface area contributed by atoms with E-state index in [2.05, 4.69) is 27.2 Å². The second kappa shape index (κ2) is 6.63. The average molecular weight is 347 g/mol. The van der Waals surface area contributed by atoms with Gasteiger partial charge < -0.3 is 15.2 Å². The number of fused-ring (bicyclic) bond motifs is 1. The van der Waals surface area contributed by atoms with Crippen molar-refractivity contribution in [1.82, 2.24) is 19.9 Å². The largest absolute Gasteiger partial charge is 0.348 e. The van der Waals surface area contributed by atoms with Gasteiger partial charge in [0, 0.05) is 36.7 Å². The Bertz CT molecular complexity index is 934. The maximum absolute atomic E-state index is 13.0. The van der Waals surface area contributed by atoms with Crippen molar-refractivity contribution >= 4 is 11.7 Å². The number of amides is 2. The lowest BCUT2D eigenvalue weighted by Crippen LogP contribution is -2.43. The first-order valence-corrected chi connectivity index (χ1v) is 8.70. The number of nitrogens with one attached hydrogen (secondary N) is 2. The van der Waals surface area contributed by atoms with E-state index in [9.17, 15) is 4.79 Å². The zero-order valence-corrected chi connectivity index (χ0v) is 14.9. The molecule has 26 heavy (non-hydrogen) atoms. The molecule has 0 spiro atoms. The molecule has 1 atom stereocenters. The van der Waals surface area contributed by atoms with Crippen LogP contribution in [-0.2, 0) is 6.42 Å². The summed E-state index contributed by atoms with van der Waals surface area (Å²) in [4.78, 5) is 26.7. The molecule has 1 aliphatic rings. The van der Waals surface area contributed by atoms with Gasteiger partial charge in [0.1, 0.15) is 6.04 Å². The van der Waals surface area contributed by atoms with Gasteiger partial charge in [-0.25, -0.2) is 9.78 Å². The number of hydrogen-bond donors (Lipinski definition) is 2. The molecule has 4 rings (SSSR count). The molecule has 2 amide bonds. The number of urea groups is 1. The lowest BCUT2D eigenvalue weighted by atomic mass is 9.97. The normalized spacial score (nSPS) is 16.2. The molecule has 2 N–H and O–H groups in total. The first-order chi connectivity index (χ1) is 12.6. The summed E-state index contributed by atoms with van der Waals surface area (Å²) >= 11 is 0. The summed E-state index contributed by atoms with van der Waals surface area (Å²) in [5.41, 5.74) is 6.15. The van der Waals surface area contributed by atoms with Crippen LogP contribution in [0.2, 0.25) is 0 Å². The summed E-state index contributed by atoms with van der Waals surface area (Å²) in [6, 6.07) is 9.48. The number of anilines is 1. The van der Waals surface area contributed by atoms with Crippen molar-refractivity contribution in [2.75, 3.05) is 11.9 Å². The van der Waals surface area contributed by atoms with Gasteiger partial charge in [0.25, 0.3) is 0 Å². The van der Waals surface area contributed by atoms with Gasteiger partial charge in [-0.2, -0.15) is 0 Å². The number of pyridine rings is 1. The molecule has 0 saturated carbocycles. The molecular weight excluding hydrogens is 326 g/mol. The smallest absolute Gasteiger partial charge is 0.322 e. The molecule has 2 aromatic heterocycles. The zero-order chi connectivity index (χ0) is 18.1. The minimum absolute atomic E-state index is 0.122. The number of benzene rings is 1. The summed E-state index contributed by atoms with van der Waals surface area (Å²) in [5, 5.41) is 3.04. The minimum atomic E-state index is -0.223.